The van der Waals surface area contributed by atoms with E-state index in [2.05, 4.69) is 88.0 Å². The number of allylic oxidation sites excluding steroid dienone is 4. The van der Waals surface area contributed by atoms with E-state index in [1.54, 1.807) is 23.6 Å². The number of aryl methyl sites for hydroxylation is 1. The molecule has 0 bridgehead atoms. The summed E-state index contributed by atoms with van der Waals surface area (Å²) in [5.74, 6) is -0.368. The van der Waals surface area contributed by atoms with E-state index in [0.717, 1.165) is 17.8 Å². The second kappa shape index (κ2) is 14.9. The summed E-state index contributed by atoms with van der Waals surface area (Å²) in [5, 5.41) is 9.95. The van der Waals surface area contributed by atoms with Crippen LogP contribution in [0.2, 0.25) is 0 Å². The summed E-state index contributed by atoms with van der Waals surface area (Å²) in [4.78, 5) is 31.4. The number of hydrogen-bond acceptors (Lipinski definition) is 5. The van der Waals surface area contributed by atoms with Crippen LogP contribution < -0.4 is 10.6 Å². The maximum atomic E-state index is 13.3. The minimum Gasteiger partial charge on any atom is -0.325 e. The van der Waals surface area contributed by atoms with Crippen LogP contribution in [0.25, 0.3) is 5.57 Å². The normalized spacial score (nSPS) is 17.9. The number of carbonyl (C=O) groups excluding carboxylic acids is 2. The first kappa shape index (κ1) is 31.2. The number of hydrogen-bond donors (Lipinski definition) is 2. The van der Waals surface area contributed by atoms with Gasteiger partial charge >= 0.3 is 0 Å². The first-order valence-electron chi connectivity index (χ1n) is 14.1. The molecular weight excluding hydrogens is 518 g/mol. The number of aromatic nitrogens is 1. The molecule has 214 valence electrons. The van der Waals surface area contributed by atoms with Gasteiger partial charge in [0.25, 0.3) is 5.91 Å². The average Bonchev–Trinajstić information content (AvgIpc) is 3.60. The Hall–Kier alpha value is -3.36. The molecule has 0 saturated carbocycles. The number of thiophene rings is 1. The van der Waals surface area contributed by atoms with Crippen molar-refractivity contribution in [2.75, 3.05) is 30.8 Å². The summed E-state index contributed by atoms with van der Waals surface area (Å²) in [6.45, 7) is 14.1. The van der Waals surface area contributed by atoms with Crippen molar-refractivity contribution in [1.82, 2.24) is 9.88 Å². The SMILES string of the molecule is CC/C(=C(/C)C(=O)Nc1cc(NC(C)=O)cnc1C)[N+]1=C(C)C=C(c2ccsc2)C=CC1CC.CN1CCCC1. The summed E-state index contributed by atoms with van der Waals surface area (Å²) in [6.07, 6.45) is 12.6. The van der Waals surface area contributed by atoms with E-state index in [1.165, 1.54) is 44.0 Å². The van der Waals surface area contributed by atoms with E-state index in [4.69, 9.17) is 0 Å². The van der Waals surface area contributed by atoms with Crippen molar-refractivity contribution < 1.29 is 14.2 Å². The van der Waals surface area contributed by atoms with E-state index < -0.39 is 0 Å². The van der Waals surface area contributed by atoms with Crippen LogP contribution >= 0.6 is 11.3 Å². The summed E-state index contributed by atoms with van der Waals surface area (Å²) >= 11 is 1.69. The Bertz CT molecular complexity index is 1310. The minimum absolute atomic E-state index is 0.150. The van der Waals surface area contributed by atoms with Gasteiger partial charge in [-0.25, -0.2) is 0 Å². The Morgan fingerprint density at radius 1 is 1.15 bits per heavy atom. The fourth-order valence-corrected chi connectivity index (χ4v) is 5.68. The fraction of sp³-hybridized carbons (Fsp3) is 0.438. The lowest BCUT2D eigenvalue weighted by Gasteiger charge is -2.16. The molecule has 8 heteroatoms. The molecular formula is C32H44N5O2S+. The third-order valence-corrected chi connectivity index (χ3v) is 7.91. The molecule has 2 aromatic heterocycles. The van der Waals surface area contributed by atoms with Gasteiger partial charge < -0.3 is 15.5 Å². The molecule has 1 saturated heterocycles. The molecule has 2 amide bonds. The van der Waals surface area contributed by atoms with Crippen molar-refractivity contribution >= 4 is 45.8 Å². The molecule has 1 atom stereocenters. The largest absolute Gasteiger partial charge is 0.325 e. The average molecular weight is 563 g/mol. The van der Waals surface area contributed by atoms with Crippen molar-refractivity contribution in [2.45, 2.75) is 73.3 Å². The van der Waals surface area contributed by atoms with Crippen LogP contribution in [0.5, 0.6) is 0 Å². The number of nitrogens with one attached hydrogen (secondary N) is 2. The van der Waals surface area contributed by atoms with Gasteiger partial charge in [-0.3, -0.25) is 14.6 Å². The number of rotatable bonds is 7. The number of amides is 2. The highest BCUT2D eigenvalue weighted by Gasteiger charge is 2.29. The smallest absolute Gasteiger partial charge is 0.257 e. The van der Waals surface area contributed by atoms with E-state index in [9.17, 15) is 9.59 Å². The fourth-order valence-electron chi connectivity index (χ4n) is 5.01. The first-order chi connectivity index (χ1) is 19.1. The molecule has 1 fully saturated rings. The second-order valence-corrected chi connectivity index (χ2v) is 11.2. The van der Waals surface area contributed by atoms with Gasteiger partial charge in [0.05, 0.1) is 28.8 Å². The Kier molecular flexibility index (Phi) is 11.6. The van der Waals surface area contributed by atoms with E-state index in [0.29, 0.717) is 29.1 Å². The monoisotopic (exact) mass is 562 g/mol. The van der Waals surface area contributed by atoms with Gasteiger partial charge in [-0.2, -0.15) is 15.9 Å². The molecule has 0 aliphatic carbocycles. The predicted octanol–water partition coefficient (Wildman–Crippen LogP) is 6.65. The van der Waals surface area contributed by atoms with Gasteiger partial charge in [0.1, 0.15) is 0 Å². The Morgan fingerprint density at radius 2 is 1.88 bits per heavy atom. The molecule has 0 spiro atoms. The van der Waals surface area contributed by atoms with E-state index in [1.807, 2.05) is 13.8 Å². The second-order valence-electron chi connectivity index (χ2n) is 10.4. The van der Waals surface area contributed by atoms with Crippen molar-refractivity contribution in [1.29, 1.82) is 0 Å². The summed E-state index contributed by atoms with van der Waals surface area (Å²) in [5.41, 5.74) is 6.93. The van der Waals surface area contributed by atoms with Crippen molar-refractivity contribution in [3.63, 3.8) is 0 Å². The quantitative estimate of drug-likeness (QED) is 0.293. The number of carbonyl (C=O) groups is 2. The Morgan fingerprint density at radius 3 is 2.42 bits per heavy atom. The van der Waals surface area contributed by atoms with Gasteiger partial charge in [-0.1, -0.05) is 19.9 Å². The van der Waals surface area contributed by atoms with Crippen molar-refractivity contribution in [3.05, 3.63) is 69.8 Å². The maximum absolute atomic E-state index is 13.3. The van der Waals surface area contributed by atoms with Crippen LogP contribution in [0.15, 0.2) is 58.6 Å². The molecule has 2 aromatic rings. The zero-order chi connectivity index (χ0) is 29.2. The van der Waals surface area contributed by atoms with Gasteiger partial charge in [0, 0.05) is 32.8 Å². The molecule has 2 N–H and O–H groups in total. The first-order valence-corrected chi connectivity index (χ1v) is 15.1. The van der Waals surface area contributed by atoms with Crippen LogP contribution in [0.1, 0.15) is 71.6 Å². The van der Waals surface area contributed by atoms with Crippen LogP contribution in [-0.4, -0.2) is 58.2 Å². The molecule has 4 rings (SSSR count). The number of pyridine rings is 1. The summed E-state index contributed by atoms with van der Waals surface area (Å²) in [6, 6.07) is 4.01. The zero-order valence-electron chi connectivity index (χ0n) is 25.0. The molecule has 4 heterocycles. The third kappa shape index (κ3) is 8.32. The van der Waals surface area contributed by atoms with E-state index in [-0.39, 0.29) is 17.9 Å². The van der Waals surface area contributed by atoms with Gasteiger partial charge in [0.15, 0.2) is 17.5 Å². The predicted molar refractivity (Wildman–Crippen MR) is 168 cm³/mol. The van der Waals surface area contributed by atoms with Crippen LogP contribution in [0.4, 0.5) is 11.4 Å². The molecule has 7 nitrogen and oxygen atoms in total. The highest BCUT2D eigenvalue weighted by molar-refractivity contribution is 7.08. The highest BCUT2D eigenvalue weighted by Crippen LogP contribution is 2.26. The van der Waals surface area contributed by atoms with Crippen LogP contribution in [0.3, 0.4) is 0 Å². The topological polar surface area (TPSA) is 77.3 Å². The number of anilines is 2. The minimum atomic E-state index is -0.187. The molecule has 0 aromatic carbocycles. The van der Waals surface area contributed by atoms with Gasteiger partial charge in [-0.15, -0.1) is 0 Å². The molecule has 40 heavy (non-hydrogen) atoms. The van der Waals surface area contributed by atoms with Crippen molar-refractivity contribution in [3.8, 4) is 0 Å². The summed E-state index contributed by atoms with van der Waals surface area (Å²) < 4.78 is 2.28. The van der Waals surface area contributed by atoms with Crippen LogP contribution in [-0.2, 0) is 9.59 Å². The zero-order valence-corrected chi connectivity index (χ0v) is 25.8. The van der Waals surface area contributed by atoms with Crippen LogP contribution in [0, 0.1) is 6.92 Å². The molecule has 2 aliphatic heterocycles. The lowest BCUT2D eigenvalue weighted by Crippen LogP contribution is -2.30. The van der Waals surface area contributed by atoms with Gasteiger partial charge in [0.2, 0.25) is 5.91 Å². The number of nitrogens with zero attached hydrogens (tertiary/aromatic N) is 3. The Labute approximate surface area is 243 Å². The number of likely N-dealkylation sites (tertiary alicyclic amines) is 1. The highest BCUT2D eigenvalue weighted by atomic mass is 32.1. The molecule has 2 aliphatic rings. The maximum Gasteiger partial charge on any atom is 0.257 e. The lowest BCUT2D eigenvalue weighted by atomic mass is 10.1. The molecule has 1 unspecified atom stereocenters. The lowest BCUT2D eigenvalue weighted by molar-refractivity contribution is -0.509. The summed E-state index contributed by atoms with van der Waals surface area (Å²) in [7, 11) is 2.17. The molecule has 0 radical (unpaired) electrons. The van der Waals surface area contributed by atoms with E-state index >= 15 is 0 Å². The standard InChI is InChI=1S/C27H32N4O2S.C5H11N/c1-7-24-10-9-21(22-11-12-34-16-22)13-17(3)31(24)26(8-2)18(4)27(33)30-25-14-23(29-20(6)32)15-28-19(25)5;1-6-4-2-3-5-6/h9-16,24H,7-8H2,1-6H3,(H-,29,30,32,33);2-5H2,1H3/p+1/b26-18+;. The van der Waals surface area contributed by atoms with Gasteiger partial charge in [-0.05, 0) is 86.9 Å². The Balaban J connectivity index is 0.000000649. The third-order valence-electron chi connectivity index (χ3n) is 7.23. The van der Waals surface area contributed by atoms with Crippen molar-refractivity contribution in [2.24, 2.45) is 0 Å².